The van der Waals surface area contributed by atoms with Crippen LogP contribution in [-0.4, -0.2) is 54.9 Å². The molecule has 0 aliphatic heterocycles. The quantitative estimate of drug-likeness (QED) is 0.231. The highest BCUT2D eigenvalue weighted by atomic mass is 16.6. The molecule has 0 aromatic rings. The van der Waals surface area contributed by atoms with Crippen molar-refractivity contribution in [3.05, 3.63) is 0 Å². The van der Waals surface area contributed by atoms with Crippen LogP contribution >= 0.6 is 0 Å². The maximum Gasteiger partial charge on any atom is 0.437 e. The third kappa shape index (κ3) is 19.4. The van der Waals surface area contributed by atoms with Crippen molar-refractivity contribution in [1.29, 1.82) is 0 Å². The van der Waals surface area contributed by atoms with Gasteiger partial charge < -0.3 is 25.8 Å². The van der Waals surface area contributed by atoms with E-state index in [1.807, 2.05) is 0 Å². The van der Waals surface area contributed by atoms with Crippen LogP contribution < -0.4 is 21.7 Å². The summed E-state index contributed by atoms with van der Waals surface area (Å²) in [4.78, 5) is 38.8. The lowest BCUT2D eigenvalue weighted by atomic mass is 10.1. The van der Waals surface area contributed by atoms with E-state index in [1.54, 1.807) is 41.5 Å². The molecule has 0 spiro atoms. The topological polar surface area (TPSA) is 144 Å². The van der Waals surface area contributed by atoms with Crippen LogP contribution in [0.5, 0.6) is 0 Å². The average molecular weight is 444 g/mol. The summed E-state index contributed by atoms with van der Waals surface area (Å²) in [6, 6.07) is 0. The molecule has 0 aromatic heterocycles. The first-order valence-electron chi connectivity index (χ1n) is 10.8. The number of guanidine groups is 1. The van der Waals surface area contributed by atoms with Gasteiger partial charge in [0, 0.05) is 13.1 Å². The van der Waals surface area contributed by atoms with Crippen molar-refractivity contribution in [3.8, 4) is 0 Å². The van der Waals surface area contributed by atoms with Gasteiger partial charge in [-0.3, -0.25) is 10.1 Å². The van der Waals surface area contributed by atoms with Gasteiger partial charge in [0.15, 0.2) is 0 Å². The van der Waals surface area contributed by atoms with Gasteiger partial charge in [0.1, 0.15) is 11.2 Å². The minimum Gasteiger partial charge on any atom is -0.444 e. The summed E-state index contributed by atoms with van der Waals surface area (Å²) in [6.45, 7) is 11.7. The van der Waals surface area contributed by atoms with Crippen LogP contribution in [0.3, 0.4) is 0 Å². The second-order valence-corrected chi connectivity index (χ2v) is 9.17. The fraction of sp³-hybridized carbons (Fsp3) is 0.810. The Morgan fingerprint density at radius 2 is 1.26 bits per heavy atom. The van der Waals surface area contributed by atoms with Crippen molar-refractivity contribution in [1.82, 2.24) is 16.0 Å². The third-order valence-corrected chi connectivity index (χ3v) is 3.62. The zero-order valence-electron chi connectivity index (χ0n) is 19.9. The molecule has 10 heteroatoms. The highest BCUT2D eigenvalue weighted by Gasteiger charge is 2.20. The molecule has 0 saturated heterocycles. The molecule has 0 aliphatic carbocycles. The van der Waals surface area contributed by atoms with Crippen molar-refractivity contribution in [3.63, 3.8) is 0 Å². The van der Waals surface area contributed by atoms with Crippen molar-refractivity contribution >= 4 is 24.1 Å². The van der Waals surface area contributed by atoms with Crippen LogP contribution in [0.25, 0.3) is 0 Å². The molecule has 0 atom stereocenters. The summed E-state index contributed by atoms with van der Waals surface area (Å²) in [5.41, 5.74) is 3.86. The lowest BCUT2D eigenvalue weighted by Gasteiger charge is -2.21. The molecule has 0 rings (SSSR count). The summed E-state index contributed by atoms with van der Waals surface area (Å²) < 4.78 is 10.4. The number of nitrogens with two attached hydrogens (primary N) is 1. The molecule has 0 heterocycles. The summed E-state index contributed by atoms with van der Waals surface area (Å²) in [5.74, 6) is -0.130. The van der Waals surface area contributed by atoms with E-state index in [0.717, 1.165) is 38.5 Å². The Kier molecular flexibility index (Phi) is 13.5. The SMILES string of the molecule is CC(C)(C)OC(=O)/N=C(/NCCCCCCCCNC(=O)CN)NC(=O)OC(C)(C)C. The monoisotopic (exact) mass is 443 g/mol. The van der Waals surface area contributed by atoms with Crippen LogP contribution in [0.4, 0.5) is 9.59 Å². The smallest absolute Gasteiger partial charge is 0.437 e. The van der Waals surface area contributed by atoms with Crippen LogP contribution in [-0.2, 0) is 14.3 Å². The van der Waals surface area contributed by atoms with Crippen LogP contribution in [0.1, 0.15) is 80.1 Å². The van der Waals surface area contributed by atoms with Gasteiger partial charge in [0.2, 0.25) is 11.9 Å². The third-order valence-electron chi connectivity index (χ3n) is 3.62. The van der Waals surface area contributed by atoms with E-state index in [9.17, 15) is 14.4 Å². The van der Waals surface area contributed by atoms with Crippen LogP contribution in [0.2, 0.25) is 0 Å². The molecular weight excluding hydrogens is 402 g/mol. The van der Waals surface area contributed by atoms with Gasteiger partial charge in [-0.2, -0.15) is 0 Å². The predicted molar refractivity (Wildman–Crippen MR) is 121 cm³/mol. The van der Waals surface area contributed by atoms with Gasteiger partial charge in [-0.25, -0.2) is 9.59 Å². The van der Waals surface area contributed by atoms with E-state index in [1.165, 1.54) is 0 Å². The first-order chi connectivity index (χ1) is 14.3. The second kappa shape index (κ2) is 14.6. The van der Waals surface area contributed by atoms with Gasteiger partial charge in [0.25, 0.3) is 0 Å². The molecule has 0 bridgehead atoms. The number of hydrogen-bond acceptors (Lipinski definition) is 6. The van der Waals surface area contributed by atoms with E-state index < -0.39 is 23.4 Å². The first-order valence-corrected chi connectivity index (χ1v) is 10.8. The first kappa shape index (κ1) is 28.6. The van der Waals surface area contributed by atoms with E-state index in [0.29, 0.717) is 13.1 Å². The number of hydrogen-bond donors (Lipinski definition) is 4. The molecule has 0 aromatic carbocycles. The van der Waals surface area contributed by atoms with E-state index in [4.69, 9.17) is 15.2 Å². The Morgan fingerprint density at radius 3 is 1.74 bits per heavy atom. The zero-order chi connectivity index (χ0) is 23.9. The Hall–Kier alpha value is -2.36. The number of rotatable bonds is 10. The number of amides is 3. The molecule has 0 aliphatic rings. The van der Waals surface area contributed by atoms with Gasteiger partial charge in [-0.1, -0.05) is 25.7 Å². The highest BCUT2D eigenvalue weighted by molar-refractivity contribution is 5.98. The predicted octanol–water partition coefficient (Wildman–Crippen LogP) is 2.81. The Labute approximate surface area is 186 Å². The molecule has 0 saturated carbocycles. The number of carbonyl (C=O) groups is 3. The largest absolute Gasteiger partial charge is 0.444 e. The van der Waals surface area contributed by atoms with Crippen LogP contribution in [0.15, 0.2) is 4.99 Å². The molecule has 31 heavy (non-hydrogen) atoms. The molecule has 0 fully saturated rings. The molecule has 10 nitrogen and oxygen atoms in total. The molecule has 0 unspecified atom stereocenters. The summed E-state index contributed by atoms with van der Waals surface area (Å²) >= 11 is 0. The van der Waals surface area contributed by atoms with Gasteiger partial charge in [-0.05, 0) is 54.4 Å². The summed E-state index contributed by atoms with van der Waals surface area (Å²) in [7, 11) is 0. The number of alkyl carbamates (subject to hydrolysis) is 1. The average Bonchev–Trinajstić information content (AvgIpc) is 2.59. The number of aliphatic imine (C=N–C) groups is 1. The molecule has 3 amide bonds. The fourth-order valence-corrected chi connectivity index (χ4v) is 2.35. The number of carbonyl (C=O) groups excluding carboxylic acids is 3. The highest BCUT2D eigenvalue weighted by Crippen LogP contribution is 2.09. The zero-order valence-corrected chi connectivity index (χ0v) is 19.9. The molecule has 5 N–H and O–H groups in total. The lowest BCUT2D eigenvalue weighted by molar-refractivity contribution is -0.119. The van der Waals surface area contributed by atoms with Crippen molar-refractivity contribution < 1.29 is 23.9 Å². The Bertz CT molecular complexity index is 594. The Balaban J connectivity index is 4.35. The number of nitrogens with zero attached hydrogens (tertiary/aromatic N) is 1. The Morgan fingerprint density at radius 1 is 0.774 bits per heavy atom. The van der Waals surface area contributed by atoms with E-state index >= 15 is 0 Å². The summed E-state index contributed by atoms with van der Waals surface area (Å²) in [6.07, 6.45) is 4.39. The molecular formula is C21H41N5O5. The van der Waals surface area contributed by atoms with Crippen LogP contribution in [0, 0.1) is 0 Å². The second-order valence-electron chi connectivity index (χ2n) is 9.17. The number of nitrogens with one attached hydrogen (secondary N) is 3. The number of unbranched alkanes of at least 4 members (excludes halogenated alkanes) is 5. The van der Waals surface area contributed by atoms with Crippen molar-refractivity contribution in [2.24, 2.45) is 10.7 Å². The van der Waals surface area contributed by atoms with Crippen molar-refractivity contribution in [2.45, 2.75) is 91.3 Å². The minimum absolute atomic E-state index is 0.000791. The maximum absolute atomic E-state index is 12.0. The van der Waals surface area contributed by atoms with E-state index in [-0.39, 0.29) is 18.4 Å². The van der Waals surface area contributed by atoms with Gasteiger partial charge in [-0.15, -0.1) is 4.99 Å². The maximum atomic E-state index is 12.0. The van der Waals surface area contributed by atoms with E-state index in [2.05, 4.69) is 20.9 Å². The van der Waals surface area contributed by atoms with Gasteiger partial charge >= 0.3 is 12.2 Å². The number of ether oxygens (including phenoxy) is 2. The van der Waals surface area contributed by atoms with Gasteiger partial charge in [0.05, 0.1) is 6.54 Å². The lowest BCUT2D eigenvalue weighted by Crippen LogP contribution is -2.44. The van der Waals surface area contributed by atoms with Crippen molar-refractivity contribution in [2.75, 3.05) is 19.6 Å². The fourth-order valence-electron chi connectivity index (χ4n) is 2.35. The molecule has 180 valence electrons. The normalized spacial score (nSPS) is 12.2. The summed E-state index contributed by atoms with van der Waals surface area (Å²) in [5, 5.41) is 8.17. The standard InChI is InChI=1S/C21H41N5O5/c1-20(2,3)30-18(28)25-17(26-19(29)31-21(4,5)6)24-14-12-10-8-7-9-11-13-23-16(27)15-22/h7-15,22H2,1-6H3,(H,23,27)(H2,24,25,26,28,29). The minimum atomic E-state index is -0.798. The molecule has 0 radical (unpaired) electrons.